The van der Waals surface area contributed by atoms with Crippen LogP contribution in [0, 0.1) is 6.92 Å². The highest BCUT2D eigenvalue weighted by Gasteiger charge is 2.10. The Balaban J connectivity index is 1.29. The van der Waals surface area contributed by atoms with Gasteiger partial charge in [-0.3, -0.25) is 9.59 Å². The van der Waals surface area contributed by atoms with E-state index < -0.39 is 0 Å². The first-order valence-corrected chi connectivity index (χ1v) is 10.8. The van der Waals surface area contributed by atoms with Crippen LogP contribution in [0.15, 0.2) is 76.7 Å². The van der Waals surface area contributed by atoms with Gasteiger partial charge >= 0.3 is 0 Å². The number of ether oxygens (including phenoxy) is 1. The highest BCUT2D eigenvalue weighted by Crippen LogP contribution is 2.16. The highest BCUT2D eigenvalue weighted by molar-refractivity contribution is 7.09. The van der Waals surface area contributed by atoms with E-state index in [0.29, 0.717) is 30.2 Å². The van der Waals surface area contributed by atoms with Crippen molar-refractivity contribution >= 4 is 28.8 Å². The lowest BCUT2D eigenvalue weighted by molar-refractivity contribution is 0.0949. The van der Waals surface area contributed by atoms with Gasteiger partial charge in [0.2, 0.25) is 0 Å². The van der Waals surface area contributed by atoms with Crippen molar-refractivity contribution in [1.29, 1.82) is 0 Å². The van der Waals surface area contributed by atoms with Crippen molar-refractivity contribution < 1.29 is 18.7 Å². The Morgan fingerprint density at radius 1 is 1.06 bits per heavy atom. The number of carbonyl (C=O) groups excluding carboxylic acids is 2. The summed E-state index contributed by atoms with van der Waals surface area (Å²) in [5, 5.41) is 8.62. The molecule has 0 saturated carbocycles. The SMILES string of the molecule is Cc1nc(COc2ccc(C(=O)NCc3cccc(NC(=O)c4ccco4)c3)cc2)cs1. The summed E-state index contributed by atoms with van der Waals surface area (Å²) in [5.74, 6) is 0.380. The van der Waals surface area contributed by atoms with Crippen LogP contribution in [0.25, 0.3) is 0 Å². The molecule has 162 valence electrons. The fourth-order valence-corrected chi connectivity index (χ4v) is 3.58. The highest BCUT2D eigenvalue weighted by atomic mass is 32.1. The molecule has 7 nitrogen and oxygen atoms in total. The van der Waals surface area contributed by atoms with E-state index >= 15 is 0 Å². The predicted molar refractivity (Wildman–Crippen MR) is 122 cm³/mol. The van der Waals surface area contributed by atoms with Crippen LogP contribution >= 0.6 is 11.3 Å². The number of rotatable bonds is 8. The molecule has 2 amide bonds. The minimum Gasteiger partial charge on any atom is -0.487 e. The van der Waals surface area contributed by atoms with E-state index in [1.807, 2.05) is 24.4 Å². The lowest BCUT2D eigenvalue weighted by Crippen LogP contribution is -2.22. The molecule has 0 atom stereocenters. The first-order chi connectivity index (χ1) is 15.6. The molecule has 0 radical (unpaired) electrons. The number of nitrogens with one attached hydrogen (secondary N) is 2. The molecule has 32 heavy (non-hydrogen) atoms. The molecule has 0 aliphatic rings. The van der Waals surface area contributed by atoms with Crippen molar-refractivity contribution in [1.82, 2.24) is 10.3 Å². The maximum atomic E-state index is 12.5. The Kier molecular flexibility index (Phi) is 6.62. The molecule has 2 heterocycles. The van der Waals surface area contributed by atoms with E-state index in [-0.39, 0.29) is 17.6 Å². The van der Waals surface area contributed by atoms with Gasteiger partial charge in [-0.25, -0.2) is 4.98 Å². The summed E-state index contributed by atoms with van der Waals surface area (Å²) >= 11 is 1.58. The number of carbonyl (C=O) groups is 2. The molecule has 0 aliphatic carbocycles. The minimum absolute atomic E-state index is 0.197. The van der Waals surface area contributed by atoms with Gasteiger partial charge in [0, 0.05) is 23.2 Å². The summed E-state index contributed by atoms with van der Waals surface area (Å²) in [5.41, 5.74) is 2.89. The minimum atomic E-state index is -0.330. The van der Waals surface area contributed by atoms with Gasteiger partial charge in [0.05, 0.1) is 17.0 Å². The largest absolute Gasteiger partial charge is 0.487 e. The third-order valence-corrected chi connectivity index (χ3v) is 5.38. The maximum absolute atomic E-state index is 12.5. The summed E-state index contributed by atoms with van der Waals surface area (Å²) in [6.45, 7) is 2.67. The number of thiazole rings is 1. The number of benzene rings is 2. The van der Waals surface area contributed by atoms with E-state index in [0.717, 1.165) is 16.3 Å². The first-order valence-electron chi connectivity index (χ1n) is 9.93. The molecule has 0 unspecified atom stereocenters. The van der Waals surface area contributed by atoms with E-state index in [9.17, 15) is 9.59 Å². The van der Waals surface area contributed by atoms with Crippen molar-refractivity contribution in [2.45, 2.75) is 20.1 Å². The van der Waals surface area contributed by atoms with Gasteiger partial charge in [-0.2, -0.15) is 0 Å². The third kappa shape index (κ3) is 5.61. The quantitative estimate of drug-likeness (QED) is 0.404. The smallest absolute Gasteiger partial charge is 0.291 e. The fourth-order valence-electron chi connectivity index (χ4n) is 2.98. The lowest BCUT2D eigenvalue weighted by Gasteiger charge is -2.09. The van der Waals surface area contributed by atoms with Crippen molar-refractivity contribution in [3.63, 3.8) is 0 Å². The second-order valence-corrected chi connectivity index (χ2v) is 8.05. The van der Waals surface area contributed by atoms with Crippen molar-refractivity contribution in [3.8, 4) is 5.75 Å². The number of anilines is 1. The number of hydrogen-bond acceptors (Lipinski definition) is 6. The number of furan rings is 1. The predicted octanol–water partition coefficient (Wildman–Crippen LogP) is 4.81. The Labute approximate surface area is 189 Å². The topological polar surface area (TPSA) is 93.5 Å². The Bertz CT molecular complexity index is 1200. The molecular weight excluding hydrogens is 426 g/mol. The molecule has 4 aromatic rings. The average Bonchev–Trinajstić information content (AvgIpc) is 3.49. The van der Waals surface area contributed by atoms with Crippen LogP contribution < -0.4 is 15.4 Å². The standard InChI is InChI=1S/C24H21N3O4S/c1-16-26-20(15-32-16)14-31-21-9-7-18(8-10-21)23(28)25-13-17-4-2-5-19(12-17)27-24(29)22-6-3-11-30-22/h2-12,15H,13-14H2,1H3,(H,25,28)(H,27,29). The molecule has 0 spiro atoms. The molecule has 0 saturated heterocycles. The summed E-state index contributed by atoms with van der Waals surface area (Å²) in [4.78, 5) is 29.0. The van der Waals surface area contributed by atoms with E-state index in [1.165, 1.54) is 6.26 Å². The molecule has 4 rings (SSSR count). The zero-order valence-electron chi connectivity index (χ0n) is 17.3. The van der Waals surface area contributed by atoms with Gasteiger partial charge in [-0.05, 0) is 61.0 Å². The number of aromatic nitrogens is 1. The zero-order chi connectivity index (χ0) is 22.3. The van der Waals surface area contributed by atoms with Crippen molar-refractivity contribution in [2.24, 2.45) is 0 Å². The normalized spacial score (nSPS) is 10.5. The summed E-state index contributed by atoms with van der Waals surface area (Å²) in [6.07, 6.45) is 1.45. The Morgan fingerprint density at radius 3 is 2.62 bits per heavy atom. The number of nitrogens with zero attached hydrogens (tertiary/aromatic N) is 1. The second kappa shape index (κ2) is 9.93. The van der Waals surface area contributed by atoms with E-state index in [2.05, 4.69) is 15.6 Å². The molecule has 0 aliphatic heterocycles. The zero-order valence-corrected chi connectivity index (χ0v) is 18.1. The monoisotopic (exact) mass is 447 g/mol. The molecule has 0 bridgehead atoms. The summed E-state index contributed by atoms with van der Waals surface area (Å²) in [6, 6.07) is 17.5. The Morgan fingerprint density at radius 2 is 1.91 bits per heavy atom. The molecule has 8 heteroatoms. The van der Waals surface area contributed by atoms with E-state index in [1.54, 1.807) is 59.9 Å². The van der Waals surface area contributed by atoms with Gasteiger partial charge in [0.1, 0.15) is 12.4 Å². The number of aryl methyl sites for hydroxylation is 1. The molecule has 2 N–H and O–H groups in total. The Hall–Kier alpha value is -3.91. The lowest BCUT2D eigenvalue weighted by atomic mass is 10.1. The maximum Gasteiger partial charge on any atom is 0.291 e. The van der Waals surface area contributed by atoms with Crippen LogP contribution in [0.1, 0.15) is 37.2 Å². The average molecular weight is 448 g/mol. The first kappa shape index (κ1) is 21.3. The summed E-state index contributed by atoms with van der Waals surface area (Å²) < 4.78 is 10.8. The molecule has 2 aromatic heterocycles. The van der Waals surface area contributed by atoms with Crippen LogP contribution in [0.5, 0.6) is 5.75 Å². The van der Waals surface area contributed by atoms with Gasteiger partial charge in [-0.1, -0.05) is 12.1 Å². The molecular formula is C24H21N3O4S. The fraction of sp³-hybridized carbons (Fsp3) is 0.125. The number of amides is 2. The van der Waals surface area contributed by atoms with Crippen LogP contribution in [-0.4, -0.2) is 16.8 Å². The molecule has 2 aromatic carbocycles. The third-order valence-electron chi connectivity index (χ3n) is 4.55. The summed E-state index contributed by atoms with van der Waals surface area (Å²) in [7, 11) is 0. The van der Waals surface area contributed by atoms with E-state index in [4.69, 9.17) is 9.15 Å². The van der Waals surface area contributed by atoms with Crippen LogP contribution in [0.4, 0.5) is 5.69 Å². The second-order valence-electron chi connectivity index (χ2n) is 6.99. The van der Waals surface area contributed by atoms with Crippen molar-refractivity contribution in [3.05, 3.63) is 99.9 Å². The van der Waals surface area contributed by atoms with Crippen LogP contribution in [0.3, 0.4) is 0 Å². The van der Waals surface area contributed by atoms with Crippen LogP contribution in [0.2, 0.25) is 0 Å². The van der Waals surface area contributed by atoms with Gasteiger partial charge in [0.15, 0.2) is 5.76 Å². The van der Waals surface area contributed by atoms with Gasteiger partial charge < -0.3 is 19.8 Å². The molecule has 0 fully saturated rings. The van der Waals surface area contributed by atoms with Gasteiger partial charge in [-0.15, -0.1) is 11.3 Å². The van der Waals surface area contributed by atoms with Gasteiger partial charge in [0.25, 0.3) is 11.8 Å². The van der Waals surface area contributed by atoms with Crippen molar-refractivity contribution in [2.75, 3.05) is 5.32 Å². The van der Waals surface area contributed by atoms with Crippen LogP contribution in [-0.2, 0) is 13.2 Å². The number of hydrogen-bond donors (Lipinski definition) is 2.